The van der Waals surface area contributed by atoms with Crippen LogP contribution in [0.5, 0.6) is 0 Å². The molecule has 1 aliphatic carbocycles. The maximum absolute atomic E-state index is 10.2. The lowest BCUT2D eigenvalue weighted by Crippen LogP contribution is -2.31. The fourth-order valence-electron chi connectivity index (χ4n) is 1.59. The first-order valence-electron chi connectivity index (χ1n) is 3.92. The van der Waals surface area contributed by atoms with Gasteiger partial charge >= 0.3 is 6.09 Å². The topological polar surface area (TPSA) is 89.8 Å². The van der Waals surface area contributed by atoms with E-state index in [-0.39, 0.29) is 18.6 Å². The molecule has 12 heavy (non-hydrogen) atoms. The van der Waals surface area contributed by atoms with Gasteiger partial charge < -0.3 is 20.6 Å². The van der Waals surface area contributed by atoms with Crippen LogP contribution in [-0.2, 0) is 0 Å². The molecule has 1 fully saturated rings. The van der Waals surface area contributed by atoms with Gasteiger partial charge in [-0.15, -0.1) is 0 Å². The van der Waals surface area contributed by atoms with E-state index >= 15 is 0 Å². The molecule has 0 aromatic heterocycles. The van der Waals surface area contributed by atoms with E-state index in [4.69, 9.17) is 10.2 Å². The summed E-state index contributed by atoms with van der Waals surface area (Å²) in [5, 5.41) is 28.7. The quantitative estimate of drug-likeness (QED) is 0.450. The fourth-order valence-corrected chi connectivity index (χ4v) is 1.59. The molecule has 0 aromatic rings. The Morgan fingerprint density at radius 2 is 2.17 bits per heavy atom. The van der Waals surface area contributed by atoms with Crippen molar-refractivity contribution in [1.82, 2.24) is 5.32 Å². The first kappa shape index (κ1) is 9.28. The average Bonchev–Trinajstić information content (AvgIpc) is 2.29. The number of nitrogens with one attached hydrogen (secondary N) is 1. The van der Waals surface area contributed by atoms with Gasteiger partial charge in [-0.05, 0) is 12.8 Å². The van der Waals surface area contributed by atoms with Gasteiger partial charge in [0.15, 0.2) is 0 Å². The van der Waals surface area contributed by atoms with Crippen molar-refractivity contribution in [3.63, 3.8) is 0 Å². The Hall–Kier alpha value is -0.810. The van der Waals surface area contributed by atoms with Gasteiger partial charge in [-0.2, -0.15) is 0 Å². The van der Waals surface area contributed by atoms with E-state index in [0.717, 1.165) is 0 Å². The summed E-state index contributed by atoms with van der Waals surface area (Å²) in [7, 11) is 0. The third kappa shape index (κ3) is 2.09. The zero-order valence-corrected chi connectivity index (χ0v) is 6.60. The highest BCUT2D eigenvalue weighted by atomic mass is 16.4. The van der Waals surface area contributed by atoms with Crippen LogP contribution in [0.4, 0.5) is 4.79 Å². The summed E-state index contributed by atoms with van der Waals surface area (Å²) in [5.74, 6) is -0.179. The van der Waals surface area contributed by atoms with Gasteiger partial charge in [0.25, 0.3) is 0 Å². The summed E-state index contributed by atoms with van der Waals surface area (Å²) < 4.78 is 0. The number of carbonyl (C=O) groups is 1. The molecule has 0 bridgehead atoms. The standard InChI is InChI=1S/C7H13NO4/c9-3-4-1-5(2-6(4)10)8-7(11)12/h4-6,8-10H,1-3H2,(H,11,12)/t4-,5-,6+/m1/s1. The normalized spacial score (nSPS) is 35.0. The Kier molecular flexibility index (Phi) is 2.88. The summed E-state index contributed by atoms with van der Waals surface area (Å²) in [6, 6.07) is -0.213. The molecule has 0 saturated heterocycles. The molecule has 1 amide bonds. The highest BCUT2D eigenvalue weighted by molar-refractivity contribution is 5.64. The van der Waals surface area contributed by atoms with Gasteiger partial charge in [0.05, 0.1) is 6.10 Å². The van der Waals surface area contributed by atoms with Gasteiger partial charge in [0.1, 0.15) is 0 Å². The number of amides is 1. The molecule has 0 spiro atoms. The molecule has 0 radical (unpaired) electrons. The molecule has 0 heterocycles. The molecule has 70 valence electrons. The highest BCUT2D eigenvalue weighted by Crippen LogP contribution is 2.25. The number of rotatable bonds is 2. The molecule has 3 atom stereocenters. The SMILES string of the molecule is O=C(O)N[C@@H]1C[C@H](CO)[C@@H](O)C1. The van der Waals surface area contributed by atoms with Gasteiger partial charge in [-0.3, -0.25) is 0 Å². The van der Waals surface area contributed by atoms with Crippen molar-refractivity contribution >= 4 is 6.09 Å². The number of hydrogen-bond acceptors (Lipinski definition) is 3. The van der Waals surface area contributed by atoms with Crippen LogP contribution in [0.1, 0.15) is 12.8 Å². The fraction of sp³-hybridized carbons (Fsp3) is 0.857. The molecule has 0 aromatic carbocycles. The van der Waals surface area contributed by atoms with Crippen LogP contribution in [0.25, 0.3) is 0 Å². The summed E-state index contributed by atoms with van der Waals surface area (Å²) in [6.45, 7) is -0.0844. The summed E-state index contributed by atoms with van der Waals surface area (Å²) in [6.07, 6.45) is -0.737. The monoisotopic (exact) mass is 175 g/mol. The van der Waals surface area contributed by atoms with Crippen molar-refractivity contribution in [1.29, 1.82) is 0 Å². The molecule has 5 nitrogen and oxygen atoms in total. The second kappa shape index (κ2) is 3.73. The van der Waals surface area contributed by atoms with E-state index in [9.17, 15) is 9.90 Å². The van der Waals surface area contributed by atoms with Crippen molar-refractivity contribution in [2.45, 2.75) is 25.0 Å². The van der Waals surface area contributed by atoms with Crippen molar-refractivity contribution in [2.24, 2.45) is 5.92 Å². The Labute approximate surface area is 70.0 Å². The molecule has 5 heteroatoms. The second-order valence-electron chi connectivity index (χ2n) is 3.13. The predicted molar refractivity (Wildman–Crippen MR) is 40.8 cm³/mol. The first-order chi connectivity index (χ1) is 5.63. The lowest BCUT2D eigenvalue weighted by atomic mass is 10.1. The van der Waals surface area contributed by atoms with Gasteiger partial charge in [-0.1, -0.05) is 0 Å². The smallest absolute Gasteiger partial charge is 0.404 e. The Balaban J connectivity index is 2.37. The van der Waals surface area contributed by atoms with Crippen LogP contribution in [0.15, 0.2) is 0 Å². The third-order valence-corrected chi connectivity index (χ3v) is 2.22. The van der Waals surface area contributed by atoms with Gasteiger partial charge in [0, 0.05) is 18.6 Å². The summed E-state index contributed by atoms with van der Waals surface area (Å²) in [4.78, 5) is 10.2. The van der Waals surface area contributed by atoms with Crippen LogP contribution in [0, 0.1) is 5.92 Å². The van der Waals surface area contributed by atoms with Crippen LogP contribution >= 0.6 is 0 Å². The molecule has 1 saturated carbocycles. The van der Waals surface area contributed by atoms with E-state index in [1.165, 1.54) is 0 Å². The molecule has 1 rings (SSSR count). The zero-order chi connectivity index (χ0) is 9.14. The highest BCUT2D eigenvalue weighted by Gasteiger charge is 2.32. The van der Waals surface area contributed by atoms with Gasteiger partial charge in [0.2, 0.25) is 0 Å². The Morgan fingerprint density at radius 3 is 2.58 bits per heavy atom. The Morgan fingerprint density at radius 1 is 1.50 bits per heavy atom. The summed E-state index contributed by atoms with van der Waals surface area (Å²) >= 11 is 0. The number of hydrogen-bond donors (Lipinski definition) is 4. The van der Waals surface area contributed by atoms with Crippen molar-refractivity contribution in [2.75, 3.05) is 6.61 Å². The lowest BCUT2D eigenvalue weighted by Gasteiger charge is -2.08. The first-order valence-corrected chi connectivity index (χ1v) is 3.92. The maximum Gasteiger partial charge on any atom is 0.404 e. The van der Waals surface area contributed by atoms with E-state index in [0.29, 0.717) is 12.8 Å². The minimum absolute atomic E-state index is 0.0844. The van der Waals surface area contributed by atoms with Crippen LogP contribution in [0.3, 0.4) is 0 Å². The molecular weight excluding hydrogens is 162 g/mol. The average molecular weight is 175 g/mol. The van der Waals surface area contributed by atoms with Crippen molar-refractivity contribution in [3.8, 4) is 0 Å². The molecule has 4 N–H and O–H groups in total. The largest absolute Gasteiger partial charge is 0.465 e. The molecular formula is C7H13NO4. The number of carboxylic acid groups (broad SMARTS) is 1. The van der Waals surface area contributed by atoms with E-state index in [1.54, 1.807) is 0 Å². The zero-order valence-electron chi connectivity index (χ0n) is 6.60. The Bertz CT molecular complexity index is 173. The maximum atomic E-state index is 10.2. The molecule has 0 aliphatic heterocycles. The minimum Gasteiger partial charge on any atom is -0.465 e. The molecule has 1 aliphatic rings. The van der Waals surface area contributed by atoms with Crippen LogP contribution in [-0.4, -0.2) is 40.2 Å². The molecule has 0 unspecified atom stereocenters. The number of aliphatic hydroxyl groups is 2. The van der Waals surface area contributed by atoms with Crippen molar-refractivity contribution < 1.29 is 20.1 Å². The van der Waals surface area contributed by atoms with E-state index in [2.05, 4.69) is 5.32 Å². The van der Waals surface area contributed by atoms with E-state index in [1.807, 2.05) is 0 Å². The number of aliphatic hydroxyl groups excluding tert-OH is 2. The van der Waals surface area contributed by atoms with Crippen LogP contribution < -0.4 is 5.32 Å². The van der Waals surface area contributed by atoms with Crippen LogP contribution in [0.2, 0.25) is 0 Å². The summed E-state index contributed by atoms with van der Waals surface area (Å²) in [5.41, 5.74) is 0. The minimum atomic E-state index is -1.08. The predicted octanol–water partition coefficient (Wildman–Crippen LogP) is -0.614. The lowest BCUT2D eigenvalue weighted by molar-refractivity contribution is 0.0907. The third-order valence-electron chi connectivity index (χ3n) is 2.22. The second-order valence-corrected chi connectivity index (χ2v) is 3.13. The van der Waals surface area contributed by atoms with E-state index < -0.39 is 12.2 Å². The van der Waals surface area contributed by atoms with Crippen molar-refractivity contribution in [3.05, 3.63) is 0 Å². The van der Waals surface area contributed by atoms with Gasteiger partial charge in [-0.25, -0.2) is 4.79 Å².